The number of ether oxygens (including phenoxy) is 2. The highest BCUT2D eigenvalue weighted by Crippen LogP contribution is 2.75. The molecule has 10 heteroatoms. The van der Waals surface area contributed by atoms with Crippen molar-refractivity contribution in [2.24, 2.45) is 62.6 Å². The Morgan fingerprint density at radius 2 is 1.83 bits per heavy atom. The number of hydrogen-bond donors (Lipinski definition) is 2. The topological polar surface area (TPSA) is 129 Å². The van der Waals surface area contributed by atoms with Gasteiger partial charge in [0, 0.05) is 11.5 Å². The van der Waals surface area contributed by atoms with Gasteiger partial charge in [0.15, 0.2) is 0 Å². The van der Waals surface area contributed by atoms with Crippen molar-refractivity contribution in [3.63, 3.8) is 0 Å². The first-order chi connectivity index (χ1) is 22.5. The van der Waals surface area contributed by atoms with Crippen LogP contribution in [0.25, 0.3) is 0 Å². The molecule has 5 aliphatic carbocycles. The highest BCUT2D eigenvalue weighted by atomic mass is 16.5. The Bertz CT molecular complexity index is 1440. The minimum atomic E-state index is -0.626. The van der Waals surface area contributed by atoms with Crippen molar-refractivity contribution >= 4 is 11.9 Å². The number of carboxylic acids is 1. The zero-order valence-electron chi connectivity index (χ0n) is 31.0. The van der Waals surface area contributed by atoms with Crippen LogP contribution in [0.2, 0.25) is 0 Å². The van der Waals surface area contributed by atoms with Gasteiger partial charge in [-0.3, -0.25) is 4.79 Å². The summed E-state index contributed by atoms with van der Waals surface area (Å²) in [6.45, 7) is 18.2. The third-order valence-electron chi connectivity index (χ3n) is 16.0. The molecule has 268 valence electrons. The lowest BCUT2D eigenvalue weighted by molar-refractivity contribution is -0.255. The van der Waals surface area contributed by atoms with Gasteiger partial charge in [0.05, 0.1) is 31.8 Å². The van der Waals surface area contributed by atoms with Gasteiger partial charge in [-0.1, -0.05) is 65.2 Å². The highest BCUT2D eigenvalue weighted by Gasteiger charge is 2.73. The highest BCUT2D eigenvalue weighted by molar-refractivity contribution is 5.73. The van der Waals surface area contributed by atoms with Crippen molar-refractivity contribution in [2.75, 3.05) is 39.6 Å². The number of anilines is 1. The van der Waals surface area contributed by atoms with Gasteiger partial charge < -0.3 is 25.2 Å². The van der Waals surface area contributed by atoms with Gasteiger partial charge >= 0.3 is 5.97 Å². The fourth-order valence-electron chi connectivity index (χ4n) is 12.8. The number of carbonyl (C=O) groups is 1. The number of likely N-dealkylation sites (N-methyl/N-ethyl adjacent to an activating group) is 1. The number of rotatable bonds is 9. The first-order valence-electron chi connectivity index (χ1n) is 18.9. The maximum Gasteiger partial charge on any atom is 0.307 e. The molecule has 6 aliphatic rings. The molecule has 2 bridgehead atoms. The number of carboxylic acid groups (broad SMARTS) is 1. The summed E-state index contributed by atoms with van der Waals surface area (Å²) < 4.78 is 14.1. The van der Waals surface area contributed by atoms with Crippen molar-refractivity contribution in [2.45, 2.75) is 118 Å². The normalized spacial score (nSPS) is 45.1. The number of nitrogen functional groups attached to an aromatic ring is 1. The summed E-state index contributed by atoms with van der Waals surface area (Å²) in [5.74, 6) is 1.17. The van der Waals surface area contributed by atoms with Crippen molar-refractivity contribution in [3.05, 3.63) is 11.6 Å². The van der Waals surface area contributed by atoms with E-state index in [4.69, 9.17) is 15.2 Å². The van der Waals surface area contributed by atoms with E-state index < -0.39 is 11.9 Å². The molecule has 5 fully saturated rings. The number of tetrazole rings is 1. The first-order valence-corrected chi connectivity index (χ1v) is 18.9. The zero-order chi connectivity index (χ0) is 34.6. The molecule has 0 spiro atoms. The number of aromatic nitrogens is 4. The summed E-state index contributed by atoms with van der Waals surface area (Å²) in [4.78, 5) is 17.6. The van der Waals surface area contributed by atoms with Crippen LogP contribution < -0.4 is 5.73 Å². The van der Waals surface area contributed by atoms with Gasteiger partial charge in [0.1, 0.15) is 6.04 Å². The van der Waals surface area contributed by atoms with E-state index in [0.29, 0.717) is 49.5 Å². The van der Waals surface area contributed by atoms with Gasteiger partial charge in [-0.2, -0.15) is 4.80 Å². The maximum absolute atomic E-state index is 13.5. The van der Waals surface area contributed by atoms with Gasteiger partial charge in [-0.25, -0.2) is 0 Å². The molecule has 1 aliphatic heterocycles. The maximum atomic E-state index is 13.5. The van der Waals surface area contributed by atoms with Crippen LogP contribution in [-0.2, 0) is 14.3 Å². The van der Waals surface area contributed by atoms with Crippen LogP contribution in [-0.4, -0.2) is 82.2 Å². The lowest BCUT2D eigenvalue weighted by Crippen LogP contribution is -2.70. The third kappa shape index (κ3) is 4.73. The van der Waals surface area contributed by atoms with Crippen LogP contribution in [0.15, 0.2) is 11.6 Å². The standard InChI is InChI=1S/C38H62N6O4/c1-22(2)23(3)35(5)16-17-36(6)25-12-13-29-34(4)18-27(44-41-33(39)40-42-44)31(48-19-28(43(8)9)24-10-11-24)38(29,21-47-20-34)26(25)14-15-37(36,7)30(35)32(45)46/h14,22-25,27-31H,10-13,15-21H2,1-9H3,(H2,39,41)(H,45,46)/t23-,25+,27-,28+,29-,30-,31+,34-,35-,36-,37+,38+/m1/s1. The Morgan fingerprint density at radius 1 is 1.10 bits per heavy atom. The van der Waals surface area contributed by atoms with Gasteiger partial charge in [0.25, 0.3) is 5.95 Å². The van der Waals surface area contributed by atoms with Crippen molar-refractivity contribution in [1.29, 1.82) is 0 Å². The molecule has 0 aromatic carbocycles. The molecule has 0 radical (unpaired) electrons. The van der Waals surface area contributed by atoms with E-state index in [0.717, 1.165) is 38.5 Å². The first kappa shape index (κ1) is 34.4. The molecule has 12 atom stereocenters. The van der Waals surface area contributed by atoms with E-state index in [1.165, 1.54) is 18.4 Å². The van der Waals surface area contributed by atoms with Crippen LogP contribution in [0.1, 0.15) is 106 Å². The Hall–Kier alpha value is -2.04. The molecule has 0 amide bonds. The van der Waals surface area contributed by atoms with E-state index in [1.54, 1.807) is 4.80 Å². The average molecular weight is 667 g/mol. The van der Waals surface area contributed by atoms with E-state index in [-0.39, 0.29) is 51.1 Å². The van der Waals surface area contributed by atoms with Crippen LogP contribution >= 0.6 is 0 Å². The molecule has 1 aromatic heterocycles. The molecule has 1 saturated heterocycles. The number of nitrogens with two attached hydrogens (primary N) is 1. The fraction of sp³-hybridized carbons (Fsp3) is 0.895. The summed E-state index contributed by atoms with van der Waals surface area (Å²) >= 11 is 0. The molecule has 48 heavy (non-hydrogen) atoms. The van der Waals surface area contributed by atoms with Gasteiger partial charge in [-0.05, 0) is 122 Å². The van der Waals surface area contributed by atoms with Gasteiger partial charge in [0.2, 0.25) is 0 Å². The van der Waals surface area contributed by atoms with Crippen molar-refractivity contribution in [3.8, 4) is 0 Å². The Kier molecular flexibility index (Phi) is 8.24. The van der Waals surface area contributed by atoms with E-state index in [2.05, 4.69) is 88.9 Å². The van der Waals surface area contributed by atoms with Crippen molar-refractivity contribution in [1.82, 2.24) is 25.1 Å². The Morgan fingerprint density at radius 3 is 2.44 bits per heavy atom. The molecule has 1 aromatic rings. The predicted octanol–water partition coefficient (Wildman–Crippen LogP) is 6.11. The largest absolute Gasteiger partial charge is 0.481 e. The molecule has 2 heterocycles. The van der Waals surface area contributed by atoms with Crippen LogP contribution in [0.4, 0.5) is 5.95 Å². The summed E-state index contributed by atoms with van der Waals surface area (Å²) in [5, 5.41) is 24.3. The summed E-state index contributed by atoms with van der Waals surface area (Å²) in [6, 6.07) is 0.221. The Labute approximate surface area is 287 Å². The zero-order valence-corrected chi connectivity index (χ0v) is 31.0. The molecule has 3 N–H and O–H groups in total. The smallest absolute Gasteiger partial charge is 0.307 e. The monoisotopic (exact) mass is 666 g/mol. The molecule has 0 unspecified atom stereocenters. The van der Waals surface area contributed by atoms with Gasteiger partial charge in [-0.15, -0.1) is 5.10 Å². The molecule has 4 saturated carbocycles. The van der Waals surface area contributed by atoms with Crippen molar-refractivity contribution < 1.29 is 19.4 Å². The average Bonchev–Trinajstić information content (AvgIpc) is 3.76. The summed E-state index contributed by atoms with van der Waals surface area (Å²) in [7, 11) is 4.34. The second kappa shape index (κ2) is 11.5. The van der Waals surface area contributed by atoms with E-state index >= 15 is 0 Å². The number of hydrogen-bond acceptors (Lipinski definition) is 8. The quantitative estimate of drug-likeness (QED) is 0.300. The molecular formula is C38H62N6O4. The number of aliphatic carboxylic acids is 1. The molecule has 10 nitrogen and oxygen atoms in total. The second-order valence-corrected chi connectivity index (χ2v) is 18.7. The van der Waals surface area contributed by atoms with Crippen LogP contribution in [0, 0.1) is 62.6 Å². The Balaban J connectivity index is 1.36. The number of nitrogens with zero attached hydrogens (tertiary/aromatic N) is 5. The minimum absolute atomic E-state index is 0.0858. The number of fused-ring (bicyclic) bond motifs is 3. The second-order valence-electron chi connectivity index (χ2n) is 18.7. The third-order valence-corrected chi connectivity index (χ3v) is 16.0. The lowest BCUT2D eigenvalue weighted by atomic mass is 9.34. The molecule has 7 rings (SSSR count). The lowest BCUT2D eigenvalue weighted by Gasteiger charge is -2.71. The predicted molar refractivity (Wildman–Crippen MR) is 185 cm³/mol. The van der Waals surface area contributed by atoms with E-state index in [9.17, 15) is 9.90 Å². The van der Waals surface area contributed by atoms with Crippen LogP contribution in [0.5, 0.6) is 0 Å². The minimum Gasteiger partial charge on any atom is -0.481 e. The summed E-state index contributed by atoms with van der Waals surface area (Å²) in [5.41, 5.74) is 6.29. The van der Waals surface area contributed by atoms with E-state index in [1.807, 2.05) is 0 Å². The number of allylic oxidation sites excluding steroid dienone is 1. The SMILES string of the molecule is CC(C)[C@@H](C)[C@@]1(C)CC[C@]2(C)[C@H]3CC[C@@H]4[C@@]5(C)COC[C@@]4(C3=CC[C@@]2(C)[C@@H]1C(=O)O)[C@@H](OC[C@@H](C1CC1)N(C)C)[C@H](n1nnc(N)n1)C5. The van der Waals surface area contributed by atoms with Crippen LogP contribution in [0.3, 0.4) is 0 Å². The molecular weight excluding hydrogens is 604 g/mol. The fourth-order valence-corrected chi connectivity index (χ4v) is 12.8. The summed E-state index contributed by atoms with van der Waals surface area (Å²) in [6.07, 6.45) is 10.5.